The number of benzene rings is 1. The van der Waals surface area contributed by atoms with Crippen molar-refractivity contribution >= 4 is 29.1 Å². The molecule has 4 nitrogen and oxygen atoms in total. The van der Waals surface area contributed by atoms with E-state index < -0.39 is 0 Å². The zero-order valence-corrected chi connectivity index (χ0v) is 9.85. The van der Waals surface area contributed by atoms with Crippen molar-refractivity contribution < 1.29 is 9.59 Å². The largest absolute Gasteiger partial charge is 0.312 e. The van der Waals surface area contributed by atoms with Gasteiger partial charge in [-0.2, -0.15) is 0 Å². The summed E-state index contributed by atoms with van der Waals surface area (Å²) in [5.41, 5.74) is 0.807. The quantitative estimate of drug-likeness (QED) is 0.760. The van der Waals surface area contributed by atoms with E-state index in [1.54, 1.807) is 21.9 Å². The number of halogens is 1. The first-order valence-electron chi connectivity index (χ1n) is 5.54. The van der Waals surface area contributed by atoms with Gasteiger partial charge >= 0.3 is 0 Å². The molecule has 2 fully saturated rings. The van der Waals surface area contributed by atoms with Crippen molar-refractivity contribution in [2.75, 3.05) is 11.4 Å². The molecule has 2 heterocycles. The highest BCUT2D eigenvalue weighted by atomic mass is 35.5. The van der Waals surface area contributed by atoms with E-state index in [1.807, 2.05) is 12.1 Å². The van der Waals surface area contributed by atoms with Gasteiger partial charge in [0.15, 0.2) is 0 Å². The Balaban J connectivity index is 1.95. The second-order valence-electron chi connectivity index (χ2n) is 4.28. The van der Waals surface area contributed by atoms with Crippen LogP contribution in [-0.4, -0.2) is 29.4 Å². The molecular weight excluding hydrogens is 240 g/mol. The third kappa shape index (κ3) is 1.60. The Labute approximate surface area is 104 Å². The number of amides is 2. The van der Waals surface area contributed by atoms with Crippen LogP contribution in [0.25, 0.3) is 0 Å². The molecule has 0 N–H and O–H groups in total. The van der Waals surface area contributed by atoms with Crippen LogP contribution < -0.4 is 4.90 Å². The monoisotopic (exact) mass is 250 g/mol. The van der Waals surface area contributed by atoms with Crippen LogP contribution in [0.1, 0.15) is 12.8 Å². The van der Waals surface area contributed by atoms with Gasteiger partial charge in [0.05, 0.1) is 0 Å². The molecule has 2 amide bonds. The van der Waals surface area contributed by atoms with E-state index in [2.05, 4.69) is 0 Å². The highest BCUT2D eigenvalue weighted by molar-refractivity contribution is 6.30. The minimum Gasteiger partial charge on any atom is -0.312 e. The van der Waals surface area contributed by atoms with Crippen molar-refractivity contribution in [2.24, 2.45) is 0 Å². The molecule has 88 valence electrons. The molecule has 17 heavy (non-hydrogen) atoms. The lowest BCUT2D eigenvalue weighted by molar-refractivity contribution is -0.129. The number of nitrogens with zero attached hydrogens (tertiary/aromatic N) is 2. The number of hydrogen-bond acceptors (Lipinski definition) is 2. The lowest BCUT2D eigenvalue weighted by Crippen LogP contribution is -2.36. The summed E-state index contributed by atoms with van der Waals surface area (Å²) >= 11 is 5.82. The van der Waals surface area contributed by atoms with Gasteiger partial charge in [-0.05, 0) is 30.7 Å². The fourth-order valence-electron chi connectivity index (χ4n) is 2.49. The fraction of sp³-hybridized carbons (Fsp3) is 0.333. The topological polar surface area (TPSA) is 40.6 Å². The van der Waals surface area contributed by atoms with Gasteiger partial charge in [-0.25, -0.2) is 0 Å². The van der Waals surface area contributed by atoms with Crippen LogP contribution in [0.3, 0.4) is 0 Å². The van der Waals surface area contributed by atoms with Crippen molar-refractivity contribution in [1.29, 1.82) is 0 Å². The van der Waals surface area contributed by atoms with Crippen LogP contribution in [0.15, 0.2) is 24.3 Å². The Hall–Kier alpha value is -1.55. The van der Waals surface area contributed by atoms with Crippen molar-refractivity contribution in [3.63, 3.8) is 0 Å². The second-order valence-corrected chi connectivity index (χ2v) is 4.72. The van der Waals surface area contributed by atoms with E-state index in [0.717, 1.165) is 5.69 Å². The summed E-state index contributed by atoms with van der Waals surface area (Å²) < 4.78 is 0. The van der Waals surface area contributed by atoms with Gasteiger partial charge in [0.1, 0.15) is 12.7 Å². The maximum absolute atomic E-state index is 11.9. The normalized spacial score (nSPS) is 23.5. The molecule has 5 heteroatoms. The van der Waals surface area contributed by atoms with E-state index in [1.165, 1.54) is 0 Å². The summed E-state index contributed by atoms with van der Waals surface area (Å²) in [6.07, 6.45) is 1.14. The minimum atomic E-state index is -0.101. The molecule has 0 spiro atoms. The van der Waals surface area contributed by atoms with Crippen LogP contribution in [0, 0.1) is 0 Å². The first-order valence-corrected chi connectivity index (χ1v) is 5.92. The van der Waals surface area contributed by atoms with Gasteiger partial charge in [0.25, 0.3) is 0 Å². The maximum atomic E-state index is 11.9. The summed E-state index contributed by atoms with van der Waals surface area (Å²) in [5, 5.41) is 0.639. The summed E-state index contributed by atoms with van der Waals surface area (Å²) in [7, 11) is 0. The van der Waals surface area contributed by atoms with Crippen LogP contribution in [-0.2, 0) is 9.59 Å². The number of carbonyl (C=O) groups is 2. The first kappa shape index (κ1) is 10.6. The fourth-order valence-corrected chi connectivity index (χ4v) is 2.61. The Morgan fingerprint density at radius 2 is 1.82 bits per heavy atom. The summed E-state index contributed by atoms with van der Waals surface area (Å²) in [6, 6.07) is 7.13. The molecule has 1 unspecified atom stereocenters. The Morgan fingerprint density at radius 3 is 2.53 bits per heavy atom. The maximum Gasteiger partial charge on any atom is 0.248 e. The molecule has 2 aliphatic heterocycles. The Bertz CT molecular complexity index is 486. The van der Waals surface area contributed by atoms with Crippen molar-refractivity contribution in [3.8, 4) is 0 Å². The number of fused-ring (bicyclic) bond motifs is 1. The average molecular weight is 251 g/mol. The Morgan fingerprint density at radius 1 is 1.12 bits per heavy atom. The number of anilines is 1. The molecule has 0 bridgehead atoms. The molecular formula is C12H11ClN2O2. The van der Waals surface area contributed by atoms with Crippen LogP contribution >= 0.6 is 11.6 Å². The summed E-state index contributed by atoms with van der Waals surface area (Å²) in [6.45, 7) is 0.201. The molecule has 0 aromatic heterocycles. The predicted molar refractivity (Wildman–Crippen MR) is 63.7 cm³/mol. The van der Waals surface area contributed by atoms with Gasteiger partial charge < -0.3 is 4.90 Å². The van der Waals surface area contributed by atoms with E-state index in [0.29, 0.717) is 17.9 Å². The zero-order valence-electron chi connectivity index (χ0n) is 9.10. The first-order chi connectivity index (χ1) is 8.16. The van der Waals surface area contributed by atoms with Gasteiger partial charge in [-0.3, -0.25) is 14.5 Å². The third-order valence-corrected chi connectivity index (χ3v) is 3.53. The van der Waals surface area contributed by atoms with E-state index >= 15 is 0 Å². The number of carbonyl (C=O) groups excluding carboxylic acids is 2. The Kier molecular flexibility index (Phi) is 2.33. The van der Waals surface area contributed by atoms with E-state index in [-0.39, 0.29) is 24.5 Å². The minimum absolute atomic E-state index is 0.0228. The zero-order chi connectivity index (χ0) is 12.0. The molecule has 1 atom stereocenters. The van der Waals surface area contributed by atoms with Crippen LogP contribution in [0.2, 0.25) is 5.02 Å². The number of rotatable bonds is 1. The molecule has 2 aliphatic rings. The van der Waals surface area contributed by atoms with Crippen LogP contribution in [0.5, 0.6) is 0 Å². The van der Waals surface area contributed by atoms with Gasteiger partial charge in [0.2, 0.25) is 11.8 Å². The van der Waals surface area contributed by atoms with Gasteiger partial charge in [-0.15, -0.1) is 0 Å². The smallest absolute Gasteiger partial charge is 0.248 e. The van der Waals surface area contributed by atoms with Crippen molar-refractivity contribution in [1.82, 2.24) is 4.90 Å². The average Bonchev–Trinajstić information content (AvgIpc) is 2.81. The third-order valence-electron chi connectivity index (χ3n) is 3.27. The molecule has 3 rings (SSSR count). The summed E-state index contributed by atoms with van der Waals surface area (Å²) in [5.74, 6) is 0.0465. The van der Waals surface area contributed by atoms with E-state index in [9.17, 15) is 9.59 Å². The van der Waals surface area contributed by atoms with Crippen LogP contribution in [0.4, 0.5) is 5.69 Å². The molecule has 0 aliphatic carbocycles. The highest BCUT2D eigenvalue weighted by Crippen LogP contribution is 2.32. The van der Waals surface area contributed by atoms with E-state index in [4.69, 9.17) is 11.6 Å². The molecule has 1 aromatic carbocycles. The number of hydrogen-bond donors (Lipinski definition) is 0. The summed E-state index contributed by atoms with van der Waals surface area (Å²) in [4.78, 5) is 26.8. The SMILES string of the molecule is O=C1CCC2N1CC(=O)N2c1ccc(Cl)cc1. The molecule has 0 saturated carbocycles. The highest BCUT2D eigenvalue weighted by Gasteiger charge is 2.44. The molecule has 0 radical (unpaired) electrons. The lowest BCUT2D eigenvalue weighted by atomic mass is 10.2. The van der Waals surface area contributed by atoms with Crippen molar-refractivity contribution in [2.45, 2.75) is 19.0 Å². The predicted octanol–water partition coefficient (Wildman–Crippen LogP) is 1.64. The van der Waals surface area contributed by atoms with Gasteiger partial charge in [0, 0.05) is 17.1 Å². The molecule has 2 saturated heterocycles. The van der Waals surface area contributed by atoms with Gasteiger partial charge in [-0.1, -0.05) is 11.6 Å². The standard InChI is InChI=1S/C12H11ClN2O2/c13-8-1-3-9(4-2-8)15-10-5-6-11(16)14(10)7-12(15)17/h1-4,10H,5-7H2. The van der Waals surface area contributed by atoms with Crippen molar-refractivity contribution in [3.05, 3.63) is 29.3 Å². The second kappa shape index (κ2) is 3.74. The lowest BCUT2D eigenvalue weighted by Gasteiger charge is -2.24. The molecule has 1 aromatic rings.